The fraction of sp³-hybridized carbons (Fsp3) is 0.238. The molecule has 10 nitrogen and oxygen atoms in total. The third-order valence-corrected chi connectivity index (χ3v) is 4.80. The number of nitro groups is 1. The van der Waals surface area contributed by atoms with E-state index in [2.05, 4.69) is 0 Å². The minimum atomic E-state index is -4.98. The normalized spacial score (nSPS) is 13.0. The van der Waals surface area contributed by atoms with Gasteiger partial charge in [0.25, 0.3) is 23.4 Å². The van der Waals surface area contributed by atoms with Crippen molar-refractivity contribution in [3.8, 4) is 0 Å². The minimum Gasteiger partial charge on any atom is -0.456 e. The molecular formula is C21H16F3N3O7. The largest absolute Gasteiger partial charge is 0.456 e. The Balaban J connectivity index is 1.49. The van der Waals surface area contributed by atoms with Gasteiger partial charge < -0.3 is 10.1 Å². The zero-order valence-electron chi connectivity index (χ0n) is 17.3. The number of nitro benzene ring substituents is 1. The van der Waals surface area contributed by atoms with Crippen LogP contribution in [-0.2, 0) is 20.5 Å². The molecule has 0 saturated carbocycles. The second kappa shape index (κ2) is 9.68. The van der Waals surface area contributed by atoms with Crippen LogP contribution < -0.4 is 5.32 Å². The van der Waals surface area contributed by atoms with E-state index in [1.54, 1.807) is 12.1 Å². The molecule has 0 saturated heterocycles. The van der Waals surface area contributed by atoms with Crippen LogP contribution in [0.1, 0.15) is 39.1 Å². The first-order valence-electron chi connectivity index (χ1n) is 9.75. The van der Waals surface area contributed by atoms with Gasteiger partial charge in [0, 0.05) is 25.1 Å². The molecule has 0 radical (unpaired) electrons. The number of nitrogens with zero attached hydrogens (tertiary/aromatic N) is 2. The maximum Gasteiger partial charge on any atom is 0.418 e. The third-order valence-electron chi connectivity index (χ3n) is 4.80. The summed E-state index contributed by atoms with van der Waals surface area (Å²) >= 11 is 0. The van der Waals surface area contributed by atoms with Gasteiger partial charge in [-0.05, 0) is 24.6 Å². The first-order valence-corrected chi connectivity index (χ1v) is 9.75. The van der Waals surface area contributed by atoms with Crippen LogP contribution in [0.3, 0.4) is 0 Å². The SMILES string of the molecule is O=C(COC(=O)CCCN1C(=O)c2ccccc2C1=O)Nc1ccc([N+](=O)[O-])cc1C(F)(F)F. The number of carbonyl (C=O) groups excluding carboxylic acids is 4. The first kappa shape index (κ1) is 24.4. The lowest BCUT2D eigenvalue weighted by Gasteiger charge is -2.14. The van der Waals surface area contributed by atoms with E-state index in [4.69, 9.17) is 4.74 Å². The van der Waals surface area contributed by atoms with Crippen LogP contribution in [0.4, 0.5) is 24.5 Å². The number of benzene rings is 2. The minimum absolute atomic E-state index is 0.0481. The number of rotatable bonds is 8. The zero-order valence-corrected chi connectivity index (χ0v) is 17.3. The van der Waals surface area contributed by atoms with E-state index in [-0.39, 0.29) is 36.6 Å². The maximum absolute atomic E-state index is 13.2. The van der Waals surface area contributed by atoms with Crippen LogP contribution in [0.15, 0.2) is 42.5 Å². The van der Waals surface area contributed by atoms with Gasteiger partial charge in [0.2, 0.25) is 0 Å². The molecule has 1 heterocycles. The molecule has 1 aliphatic rings. The lowest BCUT2D eigenvalue weighted by atomic mass is 10.1. The van der Waals surface area contributed by atoms with E-state index in [9.17, 15) is 42.5 Å². The number of alkyl halides is 3. The van der Waals surface area contributed by atoms with Gasteiger partial charge in [-0.2, -0.15) is 13.2 Å². The number of fused-ring (bicyclic) bond motifs is 1. The standard InChI is InChI=1S/C21H16F3N3O7/c22-21(23,24)15-10-12(27(32)33)7-8-16(15)25-17(28)11-34-18(29)6-3-9-26-19(30)13-4-1-2-5-14(13)20(26)31/h1-2,4-5,7-8,10H,3,6,9,11H2,(H,25,28). The third kappa shape index (κ3) is 5.36. The van der Waals surface area contributed by atoms with Crippen LogP contribution >= 0.6 is 0 Å². The summed E-state index contributed by atoms with van der Waals surface area (Å²) in [4.78, 5) is 59.0. The molecule has 0 unspecified atom stereocenters. The fourth-order valence-corrected chi connectivity index (χ4v) is 3.22. The van der Waals surface area contributed by atoms with E-state index in [0.717, 1.165) is 17.0 Å². The topological polar surface area (TPSA) is 136 Å². The van der Waals surface area contributed by atoms with Gasteiger partial charge in [-0.25, -0.2) is 0 Å². The highest BCUT2D eigenvalue weighted by Gasteiger charge is 2.36. The van der Waals surface area contributed by atoms with Crippen LogP contribution in [0.5, 0.6) is 0 Å². The molecule has 2 aromatic carbocycles. The summed E-state index contributed by atoms with van der Waals surface area (Å²) in [6, 6.07) is 8.05. The van der Waals surface area contributed by atoms with E-state index in [1.165, 1.54) is 12.1 Å². The lowest BCUT2D eigenvalue weighted by Crippen LogP contribution is -2.31. The Kier molecular flexibility index (Phi) is 6.94. The van der Waals surface area contributed by atoms with Gasteiger partial charge in [0.1, 0.15) is 0 Å². The molecule has 0 atom stereocenters. The second-order valence-corrected chi connectivity index (χ2v) is 7.10. The summed E-state index contributed by atoms with van der Waals surface area (Å²) in [5.41, 5.74) is -2.45. The van der Waals surface area contributed by atoms with Crippen molar-refractivity contribution in [2.45, 2.75) is 19.0 Å². The average Bonchev–Trinajstić information content (AvgIpc) is 3.02. The van der Waals surface area contributed by atoms with Crippen molar-refractivity contribution in [3.05, 3.63) is 69.3 Å². The summed E-state index contributed by atoms with van der Waals surface area (Å²) in [5.74, 6) is -2.94. The van der Waals surface area contributed by atoms with E-state index in [1.807, 2.05) is 5.32 Å². The Labute approximate surface area is 189 Å². The predicted molar refractivity (Wildman–Crippen MR) is 109 cm³/mol. The van der Waals surface area contributed by atoms with E-state index < -0.39 is 58.3 Å². The number of hydrogen-bond acceptors (Lipinski definition) is 7. The molecule has 0 fully saturated rings. The molecule has 34 heavy (non-hydrogen) atoms. The van der Waals surface area contributed by atoms with E-state index >= 15 is 0 Å². The summed E-state index contributed by atoms with van der Waals surface area (Å²) < 4.78 is 44.2. The number of halogens is 3. The first-order chi connectivity index (χ1) is 16.0. The molecule has 1 N–H and O–H groups in total. The second-order valence-electron chi connectivity index (χ2n) is 7.10. The van der Waals surface area contributed by atoms with Gasteiger partial charge in [-0.1, -0.05) is 12.1 Å². The van der Waals surface area contributed by atoms with Crippen LogP contribution in [0, 0.1) is 10.1 Å². The Morgan fingerprint density at radius 2 is 1.68 bits per heavy atom. The smallest absolute Gasteiger partial charge is 0.418 e. The fourth-order valence-electron chi connectivity index (χ4n) is 3.22. The number of esters is 1. The van der Waals surface area contributed by atoms with Crippen molar-refractivity contribution in [2.75, 3.05) is 18.5 Å². The number of hydrogen-bond donors (Lipinski definition) is 1. The molecule has 0 aromatic heterocycles. The molecule has 0 bridgehead atoms. The number of ether oxygens (including phenoxy) is 1. The number of carbonyl (C=O) groups is 4. The highest BCUT2D eigenvalue weighted by Crippen LogP contribution is 2.37. The van der Waals surface area contributed by atoms with Crippen molar-refractivity contribution in [1.29, 1.82) is 0 Å². The molecule has 0 aliphatic carbocycles. The summed E-state index contributed by atoms with van der Waals surface area (Å²) in [6.45, 7) is -0.967. The molecule has 3 amide bonds. The van der Waals surface area contributed by atoms with Crippen LogP contribution in [-0.4, -0.2) is 46.7 Å². The van der Waals surface area contributed by atoms with Crippen molar-refractivity contribution < 1.29 is 42.0 Å². The monoisotopic (exact) mass is 479 g/mol. The van der Waals surface area contributed by atoms with Crippen molar-refractivity contribution in [1.82, 2.24) is 4.90 Å². The Hall–Kier alpha value is -4.29. The maximum atomic E-state index is 13.2. The van der Waals surface area contributed by atoms with Crippen molar-refractivity contribution in [2.24, 2.45) is 0 Å². The quantitative estimate of drug-likeness (QED) is 0.266. The zero-order chi connectivity index (χ0) is 25.0. The van der Waals surface area contributed by atoms with Crippen LogP contribution in [0.2, 0.25) is 0 Å². The average molecular weight is 479 g/mol. The molecule has 0 spiro atoms. The highest BCUT2D eigenvalue weighted by atomic mass is 19.4. The lowest BCUT2D eigenvalue weighted by molar-refractivity contribution is -0.385. The molecule has 1 aliphatic heterocycles. The van der Waals surface area contributed by atoms with Crippen molar-refractivity contribution in [3.63, 3.8) is 0 Å². The Bertz CT molecular complexity index is 1150. The molecular weight excluding hydrogens is 463 g/mol. The van der Waals surface area contributed by atoms with Crippen LogP contribution in [0.25, 0.3) is 0 Å². The summed E-state index contributed by atoms with van der Waals surface area (Å²) in [7, 11) is 0. The Morgan fingerprint density at radius 1 is 1.06 bits per heavy atom. The number of imide groups is 1. The summed E-state index contributed by atoms with van der Waals surface area (Å²) in [6.07, 6.45) is -5.19. The van der Waals surface area contributed by atoms with Gasteiger partial charge in [0.15, 0.2) is 6.61 Å². The summed E-state index contributed by atoms with van der Waals surface area (Å²) in [5, 5.41) is 12.6. The number of amides is 3. The van der Waals surface area contributed by atoms with E-state index in [0.29, 0.717) is 0 Å². The number of anilines is 1. The molecule has 2 aromatic rings. The molecule has 13 heteroatoms. The predicted octanol–water partition coefficient (Wildman–Crippen LogP) is 3.17. The van der Waals surface area contributed by atoms with Gasteiger partial charge in [0.05, 0.1) is 27.3 Å². The molecule has 178 valence electrons. The molecule has 3 rings (SSSR count). The number of non-ortho nitro benzene ring substituents is 1. The van der Waals surface area contributed by atoms with Gasteiger partial charge >= 0.3 is 12.1 Å². The van der Waals surface area contributed by atoms with Gasteiger partial charge in [-0.3, -0.25) is 34.2 Å². The number of nitrogens with one attached hydrogen (secondary N) is 1. The highest BCUT2D eigenvalue weighted by molar-refractivity contribution is 6.21. The van der Waals surface area contributed by atoms with Gasteiger partial charge in [-0.15, -0.1) is 0 Å². The Morgan fingerprint density at radius 3 is 2.24 bits per heavy atom. The van der Waals surface area contributed by atoms with Crippen molar-refractivity contribution >= 4 is 35.1 Å².